The van der Waals surface area contributed by atoms with Crippen LogP contribution in [-0.4, -0.2) is 23.3 Å². The largest absolute Gasteiger partial charge is 0.282 e. The fraction of sp³-hybridized carbons (Fsp3) is 0.800. The summed E-state index contributed by atoms with van der Waals surface area (Å²) in [4.78, 5) is 24.5. The molecule has 2 unspecified atom stereocenters. The minimum absolute atomic E-state index is 0.00551. The van der Waals surface area contributed by atoms with Crippen molar-refractivity contribution in [3.63, 3.8) is 0 Å². The monoisotopic (exact) mass is 183 g/mol. The second kappa shape index (κ2) is 3.90. The second-order valence-corrected chi connectivity index (χ2v) is 3.76. The first-order valence-corrected chi connectivity index (χ1v) is 4.94. The molecule has 0 aromatic rings. The minimum Gasteiger partial charge on any atom is -0.282 e. The van der Waals surface area contributed by atoms with Gasteiger partial charge in [0, 0.05) is 18.4 Å². The third kappa shape index (κ3) is 1.74. The molecule has 0 radical (unpaired) electrons. The van der Waals surface area contributed by atoms with Crippen molar-refractivity contribution in [1.82, 2.24) is 4.90 Å². The highest BCUT2D eigenvalue weighted by molar-refractivity contribution is 6.04. The van der Waals surface area contributed by atoms with Gasteiger partial charge < -0.3 is 0 Å². The molecule has 0 aromatic heterocycles. The van der Waals surface area contributed by atoms with E-state index in [1.807, 2.05) is 13.8 Å². The van der Waals surface area contributed by atoms with E-state index < -0.39 is 0 Å². The number of carbonyl (C=O) groups is 2. The van der Waals surface area contributed by atoms with Crippen LogP contribution in [0.25, 0.3) is 0 Å². The van der Waals surface area contributed by atoms with Gasteiger partial charge in [0.25, 0.3) is 0 Å². The van der Waals surface area contributed by atoms with Crippen LogP contribution in [0.2, 0.25) is 0 Å². The van der Waals surface area contributed by atoms with Gasteiger partial charge in [0.2, 0.25) is 11.8 Å². The standard InChI is InChI=1S/C10H17NO2/c1-4-5-6-11-9(12)7(2)8(3)10(11)13/h7-8H,4-6H2,1-3H3. The van der Waals surface area contributed by atoms with Crippen molar-refractivity contribution in [2.45, 2.75) is 33.6 Å². The third-order valence-electron chi connectivity index (χ3n) is 2.80. The Kier molecular flexibility index (Phi) is 3.07. The maximum absolute atomic E-state index is 11.5. The van der Waals surface area contributed by atoms with Gasteiger partial charge >= 0.3 is 0 Å². The molecule has 2 atom stereocenters. The molecule has 13 heavy (non-hydrogen) atoms. The van der Waals surface area contributed by atoms with Crippen LogP contribution in [-0.2, 0) is 9.59 Å². The van der Waals surface area contributed by atoms with Gasteiger partial charge in [-0.3, -0.25) is 14.5 Å². The molecule has 2 amide bonds. The molecule has 1 aliphatic rings. The first-order valence-electron chi connectivity index (χ1n) is 4.94. The molecular weight excluding hydrogens is 166 g/mol. The number of hydrogen-bond donors (Lipinski definition) is 0. The molecule has 0 spiro atoms. The van der Waals surface area contributed by atoms with Crippen LogP contribution in [0.1, 0.15) is 33.6 Å². The smallest absolute Gasteiger partial charge is 0.232 e. The summed E-state index contributed by atoms with van der Waals surface area (Å²) in [5, 5.41) is 0. The molecule has 3 nitrogen and oxygen atoms in total. The van der Waals surface area contributed by atoms with Gasteiger partial charge in [0.05, 0.1) is 0 Å². The summed E-state index contributed by atoms with van der Waals surface area (Å²) >= 11 is 0. The SMILES string of the molecule is CCCCN1C(=O)C(C)C(C)C1=O. The maximum Gasteiger partial charge on any atom is 0.232 e. The van der Waals surface area contributed by atoms with E-state index in [4.69, 9.17) is 0 Å². The molecule has 1 saturated heterocycles. The van der Waals surface area contributed by atoms with E-state index in [2.05, 4.69) is 6.92 Å². The predicted molar refractivity (Wildman–Crippen MR) is 50.0 cm³/mol. The summed E-state index contributed by atoms with van der Waals surface area (Å²) in [6, 6.07) is 0. The van der Waals surface area contributed by atoms with E-state index in [0.717, 1.165) is 12.8 Å². The van der Waals surface area contributed by atoms with Gasteiger partial charge in [0.15, 0.2) is 0 Å². The lowest BCUT2D eigenvalue weighted by Crippen LogP contribution is -2.31. The van der Waals surface area contributed by atoms with Crippen molar-refractivity contribution >= 4 is 11.8 Å². The molecule has 0 saturated carbocycles. The molecule has 0 N–H and O–H groups in total. The van der Waals surface area contributed by atoms with Crippen molar-refractivity contribution in [2.75, 3.05) is 6.54 Å². The van der Waals surface area contributed by atoms with Gasteiger partial charge in [-0.15, -0.1) is 0 Å². The topological polar surface area (TPSA) is 37.4 Å². The molecule has 0 aliphatic carbocycles. The van der Waals surface area contributed by atoms with Gasteiger partial charge in [0.1, 0.15) is 0 Å². The van der Waals surface area contributed by atoms with Crippen molar-refractivity contribution < 1.29 is 9.59 Å². The van der Waals surface area contributed by atoms with E-state index in [1.54, 1.807) is 0 Å². The molecule has 0 bridgehead atoms. The molecule has 1 fully saturated rings. The average Bonchev–Trinajstić information content (AvgIpc) is 2.30. The molecule has 74 valence electrons. The summed E-state index contributed by atoms with van der Waals surface area (Å²) in [7, 11) is 0. The van der Waals surface area contributed by atoms with Gasteiger partial charge in [-0.25, -0.2) is 0 Å². The quantitative estimate of drug-likeness (QED) is 0.621. The number of unbranched alkanes of at least 4 members (excludes halogenated alkanes) is 1. The number of likely N-dealkylation sites (tertiary alicyclic amines) is 1. The second-order valence-electron chi connectivity index (χ2n) is 3.76. The fourth-order valence-corrected chi connectivity index (χ4v) is 1.56. The Labute approximate surface area is 79.1 Å². The molecule has 1 rings (SSSR count). The highest BCUT2D eigenvalue weighted by atomic mass is 16.2. The van der Waals surface area contributed by atoms with Crippen molar-refractivity contribution in [2.24, 2.45) is 11.8 Å². The number of rotatable bonds is 3. The number of nitrogens with zero attached hydrogens (tertiary/aromatic N) is 1. The average molecular weight is 183 g/mol. The Hall–Kier alpha value is -0.860. The van der Waals surface area contributed by atoms with Crippen LogP contribution in [0, 0.1) is 11.8 Å². The Morgan fingerprint density at radius 2 is 1.62 bits per heavy atom. The van der Waals surface area contributed by atoms with Gasteiger partial charge in [-0.2, -0.15) is 0 Å². The zero-order valence-corrected chi connectivity index (χ0v) is 8.54. The van der Waals surface area contributed by atoms with E-state index >= 15 is 0 Å². The highest BCUT2D eigenvalue weighted by Gasteiger charge is 2.41. The minimum atomic E-state index is -0.121. The van der Waals surface area contributed by atoms with Crippen LogP contribution >= 0.6 is 0 Å². The molecule has 0 aromatic carbocycles. The highest BCUT2D eigenvalue weighted by Crippen LogP contribution is 2.25. The van der Waals surface area contributed by atoms with E-state index in [-0.39, 0.29) is 23.7 Å². The first kappa shape index (κ1) is 10.2. The van der Waals surface area contributed by atoms with Crippen molar-refractivity contribution in [3.05, 3.63) is 0 Å². The Morgan fingerprint density at radius 3 is 2.00 bits per heavy atom. The third-order valence-corrected chi connectivity index (χ3v) is 2.80. The van der Waals surface area contributed by atoms with E-state index in [9.17, 15) is 9.59 Å². The lowest BCUT2D eigenvalue weighted by molar-refractivity contribution is -0.139. The number of hydrogen-bond acceptors (Lipinski definition) is 2. The summed E-state index contributed by atoms with van der Waals surface area (Å²) in [6.45, 7) is 6.31. The summed E-state index contributed by atoms with van der Waals surface area (Å²) in [6.07, 6.45) is 1.93. The van der Waals surface area contributed by atoms with E-state index in [1.165, 1.54) is 4.90 Å². The Balaban J connectivity index is 2.64. The number of amides is 2. The van der Waals surface area contributed by atoms with Crippen LogP contribution < -0.4 is 0 Å². The van der Waals surface area contributed by atoms with Gasteiger partial charge in [-0.1, -0.05) is 27.2 Å². The zero-order chi connectivity index (χ0) is 10.0. The molecule has 3 heteroatoms. The summed E-state index contributed by atoms with van der Waals surface area (Å²) < 4.78 is 0. The lowest BCUT2D eigenvalue weighted by atomic mass is 10.00. The molecule has 1 aliphatic heterocycles. The lowest BCUT2D eigenvalue weighted by Gasteiger charge is -2.13. The maximum atomic E-state index is 11.5. The summed E-state index contributed by atoms with van der Waals surface area (Å²) in [5.41, 5.74) is 0. The Morgan fingerprint density at radius 1 is 1.15 bits per heavy atom. The van der Waals surface area contributed by atoms with Crippen LogP contribution in [0.5, 0.6) is 0 Å². The summed E-state index contributed by atoms with van der Waals surface area (Å²) in [5.74, 6) is -0.231. The Bertz CT molecular complexity index is 205. The fourth-order valence-electron chi connectivity index (χ4n) is 1.56. The molecular formula is C10H17NO2. The first-order chi connectivity index (χ1) is 6.09. The predicted octanol–water partition coefficient (Wildman–Crippen LogP) is 1.43. The van der Waals surface area contributed by atoms with Crippen LogP contribution in [0.4, 0.5) is 0 Å². The number of imide groups is 1. The normalized spacial score (nSPS) is 28.7. The van der Waals surface area contributed by atoms with Crippen LogP contribution in [0.3, 0.4) is 0 Å². The van der Waals surface area contributed by atoms with E-state index in [0.29, 0.717) is 6.54 Å². The molecule has 1 heterocycles. The van der Waals surface area contributed by atoms with Gasteiger partial charge in [-0.05, 0) is 6.42 Å². The van der Waals surface area contributed by atoms with Crippen molar-refractivity contribution in [1.29, 1.82) is 0 Å². The zero-order valence-electron chi connectivity index (χ0n) is 8.54. The van der Waals surface area contributed by atoms with Crippen LogP contribution in [0.15, 0.2) is 0 Å². The van der Waals surface area contributed by atoms with Crippen molar-refractivity contribution in [3.8, 4) is 0 Å². The number of carbonyl (C=O) groups excluding carboxylic acids is 2.